The molecule has 5 rings (SSSR count). The van der Waals surface area contributed by atoms with Gasteiger partial charge in [-0.15, -0.1) is 0 Å². The van der Waals surface area contributed by atoms with Crippen LogP contribution in [0.3, 0.4) is 0 Å². The second-order valence-corrected chi connectivity index (χ2v) is 7.97. The molecular weight excluding hydrogens is 360 g/mol. The van der Waals surface area contributed by atoms with Gasteiger partial charge in [0.15, 0.2) is 0 Å². The smallest absolute Gasteiger partial charge is 0.254 e. The number of rotatable bonds is 4. The zero-order chi connectivity index (χ0) is 19.6. The third-order valence-corrected chi connectivity index (χ3v) is 6.17. The lowest BCUT2D eigenvalue weighted by molar-refractivity contribution is 0.0776. The molecule has 1 atom stereocenters. The van der Waals surface area contributed by atoms with Crippen LogP contribution in [0.1, 0.15) is 28.8 Å². The van der Waals surface area contributed by atoms with E-state index >= 15 is 0 Å². The monoisotopic (exact) mass is 386 g/mol. The Morgan fingerprint density at radius 2 is 1.90 bits per heavy atom. The first-order valence-corrected chi connectivity index (χ1v) is 10.5. The summed E-state index contributed by atoms with van der Waals surface area (Å²) in [4.78, 5) is 22.4. The van der Waals surface area contributed by atoms with E-state index in [-0.39, 0.29) is 5.91 Å². The van der Waals surface area contributed by atoms with Crippen molar-refractivity contribution in [2.75, 3.05) is 26.2 Å². The minimum absolute atomic E-state index is 0.153. The van der Waals surface area contributed by atoms with Crippen molar-refractivity contribution in [1.82, 2.24) is 19.4 Å². The maximum absolute atomic E-state index is 13.4. The van der Waals surface area contributed by atoms with Gasteiger partial charge in [-0.3, -0.25) is 9.69 Å². The van der Waals surface area contributed by atoms with Gasteiger partial charge in [0.2, 0.25) is 0 Å². The molecule has 1 fully saturated rings. The molecule has 1 amide bonds. The molecule has 0 aliphatic carbocycles. The second-order valence-electron chi connectivity index (χ2n) is 7.97. The second kappa shape index (κ2) is 7.84. The molecule has 1 aromatic heterocycles. The van der Waals surface area contributed by atoms with E-state index in [9.17, 15) is 4.79 Å². The van der Waals surface area contributed by atoms with Crippen molar-refractivity contribution in [3.63, 3.8) is 0 Å². The molecule has 2 aliphatic heterocycles. The Balaban J connectivity index is 1.35. The van der Waals surface area contributed by atoms with E-state index in [0.29, 0.717) is 12.6 Å². The largest absolute Gasteiger partial charge is 0.337 e. The highest BCUT2D eigenvalue weighted by Crippen LogP contribution is 2.22. The van der Waals surface area contributed by atoms with Crippen LogP contribution in [0.25, 0.3) is 11.0 Å². The fourth-order valence-corrected chi connectivity index (χ4v) is 4.57. The summed E-state index contributed by atoms with van der Waals surface area (Å²) in [5.41, 5.74) is 3.93. The molecule has 0 bridgehead atoms. The lowest BCUT2D eigenvalue weighted by Gasteiger charge is -2.29. The summed E-state index contributed by atoms with van der Waals surface area (Å²) in [5.74, 6) is 0.153. The highest BCUT2D eigenvalue weighted by Gasteiger charge is 2.31. The predicted octanol–water partition coefficient (Wildman–Crippen LogP) is 3.56. The molecule has 5 nitrogen and oxygen atoms in total. The molecule has 0 N–H and O–H groups in total. The van der Waals surface area contributed by atoms with Crippen molar-refractivity contribution in [3.8, 4) is 0 Å². The molecule has 148 valence electrons. The molecule has 0 saturated carbocycles. The van der Waals surface area contributed by atoms with Crippen molar-refractivity contribution < 1.29 is 4.79 Å². The van der Waals surface area contributed by atoms with Crippen LogP contribution in [0.2, 0.25) is 0 Å². The van der Waals surface area contributed by atoms with Crippen LogP contribution in [0.15, 0.2) is 67.0 Å². The normalized spacial score (nSPS) is 19.9. The van der Waals surface area contributed by atoms with E-state index in [2.05, 4.69) is 38.7 Å². The number of aromatic nitrogens is 2. The molecule has 3 heterocycles. The van der Waals surface area contributed by atoms with E-state index < -0.39 is 0 Å². The molecule has 0 spiro atoms. The Labute approximate surface area is 171 Å². The van der Waals surface area contributed by atoms with Gasteiger partial charge in [0.25, 0.3) is 5.91 Å². The van der Waals surface area contributed by atoms with Gasteiger partial charge in [-0.05, 0) is 36.6 Å². The number of nitrogens with zero attached hydrogens (tertiary/aromatic N) is 4. The topological polar surface area (TPSA) is 41.4 Å². The average molecular weight is 386 g/mol. The average Bonchev–Trinajstić information content (AvgIpc) is 3.42. The Hall–Kier alpha value is -2.92. The lowest BCUT2D eigenvalue weighted by atomic mass is 10.1. The van der Waals surface area contributed by atoms with E-state index in [1.807, 2.05) is 47.6 Å². The first-order valence-electron chi connectivity index (χ1n) is 10.5. The van der Waals surface area contributed by atoms with Crippen molar-refractivity contribution >= 4 is 16.9 Å². The molecule has 2 aromatic carbocycles. The van der Waals surface area contributed by atoms with E-state index in [4.69, 9.17) is 0 Å². The molecule has 2 aliphatic rings. The fourth-order valence-electron chi connectivity index (χ4n) is 4.57. The number of hydrogen-bond acceptors (Lipinski definition) is 3. The van der Waals surface area contributed by atoms with Crippen LogP contribution in [-0.2, 0) is 6.54 Å². The summed E-state index contributed by atoms with van der Waals surface area (Å²) in [7, 11) is 0. The van der Waals surface area contributed by atoms with Gasteiger partial charge < -0.3 is 9.47 Å². The highest BCUT2D eigenvalue weighted by atomic mass is 16.2. The van der Waals surface area contributed by atoms with E-state index in [1.54, 1.807) is 0 Å². The third-order valence-electron chi connectivity index (χ3n) is 6.17. The van der Waals surface area contributed by atoms with Crippen LogP contribution < -0.4 is 0 Å². The number of amides is 1. The Morgan fingerprint density at radius 3 is 2.79 bits per heavy atom. The van der Waals surface area contributed by atoms with Gasteiger partial charge in [-0.1, -0.05) is 42.5 Å². The van der Waals surface area contributed by atoms with Gasteiger partial charge in [0.1, 0.15) is 0 Å². The number of hydrogen-bond donors (Lipinski definition) is 0. The maximum atomic E-state index is 13.4. The van der Waals surface area contributed by atoms with Crippen LogP contribution in [-0.4, -0.2) is 57.5 Å². The van der Waals surface area contributed by atoms with Crippen molar-refractivity contribution in [2.24, 2.45) is 0 Å². The van der Waals surface area contributed by atoms with Crippen LogP contribution >= 0.6 is 0 Å². The predicted molar refractivity (Wildman–Crippen MR) is 115 cm³/mol. The van der Waals surface area contributed by atoms with Crippen LogP contribution in [0.4, 0.5) is 0 Å². The van der Waals surface area contributed by atoms with E-state index in [0.717, 1.165) is 61.2 Å². The third kappa shape index (κ3) is 3.58. The maximum Gasteiger partial charge on any atom is 0.254 e. The Bertz CT molecular complexity index is 1050. The van der Waals surface area contributed by atoms with Crippen molar-refractivity contribution in [1.29, 1.82) is 0 Å². The van der Waals surface area contributed by atoms with Gasteiger partial charge >= 0.3 is 0 Å². The minimum Gasteiger partial charge on any atom is -0.337 e. The number of carbonyl (C=O) groups is 1. The molecule has 1 saturated heterocycles. The van der Waals surface area contributed by atoms with Gasteiger partial charge in [0, 0.05) is 44.3 Å². The first-order chi connectivity index (χ1) is 14.3. The van der Waals surface area contributed by atoms with Gasteiger partial charge in [-0.2, -0.15) is 0 Å². The number of likely N-dealkylation sites (tertiary alicyclic amines) is 1. The summed E-state index contributed by atoms with van der Waals surface area (Å²) < 4.78 is 2.12. The zero-order valence-corrected chi connectivity index (χ0v) is 16.6. The summed E-state index contributed by atoms with van der Waals surface area (Å²) in [5, 5.41) is 0. The SMILES string of the molecule is O=C(c1ccccc1Cn1cnc2ccccc21)N1CCC(N2CC=CCC2)C1. The molecule has 29 heavy (non-hydrogen) atoms. The van der Waals surface area contributed by atoms with Crippen molar-refractivity contribution in [2.45, 2.75) is 25.4 Å². The standard InChI is InChI=1S/C24H26N4O/c29-24(27-15-12-20(17-27)26-13-6-1-7-14-26)21-9-3-2-8-19(21)16-28-18-25-22-10-4-5-11-23(22)28/h1-6,8-11,18,20H,7,12-17H2. The molecule has 5 heteroatoms. The zero-order valence-electron chi connectivity index (χ0n) is 16.6. The summed E-state index contributed by atoms with van der Waals surface area (Å²) in [6.07, 6.45) is 8.55. The van der Waals surface area contributed by atoms with Crippen LogP contribution in [0.5, 0.6) is 0 Å². The number of carbonyl (C=O) groups excluding carboxylic acids is 1. The van der Waals surface area contributed by atoms with Gasteiger partial charge in [-0.25, -0.2) is 4.98 Å². The van der Waals surface area contributed by atoms with E-state index in [1.165, 1.54) is 0 Å². The number of fused-ring (bicyclic) bond motifs is 1. The van der Waals surface area contributed by atoms with Crippen molar-refractivity contribution in [3.05, 3.63) is 78.1 Å². The first kappa shape index (κ1) is 18.1. The molecule has 1 unspecified atom stereocenters. The molecular formula is C24H26N4O. The fraction of sp³-hybridized carbons (Fsp3) is 0.333. The number of imidazole rings is 1. The molecule has 0 radical (unpaired) electrons. The highest BCUT2D eigenvalue weighted by molar-refractivity contribution is 5.96. The summed E-state index contributed by atoms with van der Waals surface area (Å²) in [6.45, 7) is 4.43. The Morgan fingerprint density at radius 1 is 1.03 bits per heavy atom. The molecule has 3 aromatic rings. The number of para-hydroxylation sites is 2. The minimum atomic E-state index is 0.153. The summed E-state index contributed by atoms with van der Waals surface area (Å²) in [6, 6.07) is 16.6. The Kier molecular flexibility index (Phi) is 4.90. The van der Waals surface area contributed by atoms with Crippen LogP contribution in [0, 0.1) is 0 Å². The van der Waals surface area contributed by atoms with Gasteiger partial charge in [0.05, 0.1) is 17.4 Å². The lowest BCUT2D eigenvalue weighted by Crippen LogP contribution is -2.40. The quantitative estimate of drug-likeness (QED) is 0.644. The number of benzene rings is 2. The summed E-state index contributed by atoms with van der Waals surface area (Å²) >= 11 is 0.